The third kappa shape index (κ3) is 4.44. The normalized spacial score (nSPS) is 11.7. The van der Waals surface area contributed by atoms with Crippen LogP contribution in [0.4, 0.5) is 11.1 Å². The Balaban J connectivity index is 2.35. The highest BCUT2D eigenvalue weighted by Gasteiger charge is 2.17. The summed E-state index contributed by atoms with van der Waals surface area (Å²) in [5.41, 5.74) is 5.60. The first-order valence-electron chi connectivity index (χ1n) is 4.85. The lowest BCUT2D eigenvalue weighted by Gasteiger charge is -2.24. The molecule has 0 atom stereocenters. The lowest BCUT2D eigenvalue weighted by molar-refractivity contribution is 0.157. The molecule has 3 N–H and O–H groups in total. The van der Waals surface area contributed by atoms with Gasteiger partial charge < -0.3 is 15.8 Å². The van der Waals surface area contributed by atoms with Crippen molar-refractivity contribution >= 4 is 22.6 Å². The highest BCUT2D eigenvalue weighted by Crippen LogP contribution is 2.22. The first-order valence-corrected chi connectivity index (χ1v) is 5.63. The minimum Gasteiger partial charge on any atom is -0.385 e. The number of nitrogens with two attached hydrogens (primary N) is 1. The van der Waals surface area contributed by atoms with Crippen molar-refractivity contribution in [1.29, 1.82) is 0 Å². The molecule has 0 aliphatic rings. The average Bonchev–Trinajstić information content (AvgIpc) is 2.59. The topological polar surface area (TPSA) is 73.1 Å². The number of hydrogen-bond donors (Lipinski definition) is 2. The molecule has 1 rings (SSSR count). The van der Waals surface area contributed by atoms with Crippen LogP contribution in [0.1, 0.15) is 20.3 Å². The van der Waals surface area contributed by atoms with Gasteiger partial charge in [0.15, 0.2) is 0 Å². The van der Waals surface area contributed by atoms with E-state index in [0.717, 1.165) is 24.7 Å². The second-order valence-corrected chi connectivity index (χ2v) is 4.97. The van der Waals surface area contributed by atoms with Crippen LogP contribution in [0.15, 0.2) is 0 Å². The number of ether oxygens (including phenoxy) is 1. The molecule has 0 unspecified atom stereocenters. The van der Waals surface area contributed by atoms with Crippen molar-refractivity contribution in [1.82, 2.24) is 9.36 Å². The molecule has 1 aromatic rings. The van der Waals surface area contributed by atoms with Gasteiger partial charge in [-0.1, -0.05) is 13.8 Å². The molecule has 0 aliphatic carbocycles. The van der Waals surface area contributed by atoms with Gasteiger partial charge in [0.05, 0.1) is 0 Å². The summed E-state index contributed by atoms with van der Waals surface area (Å²) in [7, 11) is 1.72. The quantitative estimate of drug-likeness (QED) is 0.776. The summed E-state index contributed by atoms with van der Waals surface area (Å²) in [5, 5.41) is 4.00. The van der Waals surface area contributed by atoms with E-state index in [4.69, 9.17) is 10.5 Å². The van der Waals surface area contributed by atoms with E-state index >= 15 is 0 Å². The zero-order chi connectivity index (χ0) is 11.3. The number of nitrogens with one attached hydrogen (secondary N) is 1. The maximum absolute atomic E-state index is 5.43. The van der Waals surface area contributed by atoms with Gasteiger partial charge in [-0.05, 0) is 11.8 Å². The number of hydrogen-bond acceptors (Lipinski definition) is 6. The monoisotopic (exact) mass is 230 g/mol. The van der Waals surface area contributed by atoms with Crippen LogP contribution in [0.2, 0.25) is 0 Å². The molecule has 0 aliphatic heterocycles. The summed E-state index contributed by atoms with van der Waals surface area (Å²) in [5.74, 6) is 0.331. The van der Waals surface area contributed by atoms with Crippen LogP contribution < -0.4 is 11.1 Å². The Bertz CT molecular complexity index is 300. The van der Waals surface area contributed by atoms with E-state index in [0.29, 0.717) is 5.95 Å². The molecule has 1 aromatic heterocycles. The zero-order valence-electron chi connectivity index (χ0n) is 9.41. The Kier molecular flexibility index (Phi) is 4.28. The van der Waals surface area contributed by atoms with Crippen LogP contribution >= 0.6 is 11.5 Å². The molecule has 0 spiro atoms. The molecule has 1 heterocycles. The highest BCUT2D eigenvalue weighted by molar-refractivity contribution is 7.09. The van der Waals surface area contributed by atoms with Gasteiger partial charge in [0.25, 0.3) is 0 Å². The van der Waals surface area contributed by atoms with Crippen molar-refractivity contribution in [2.75, 3.05) is 31.3 Å². The molecule has 0 amide bonds. The van der Waals surface area contributed by atoms with Gasteiger partial charge >= 0.3 is 0 Å². The van der Waals surface area contributed by atoms with Crippen molar-refractivity contribution < 1.29 is 4.74 Å². The van der Waals surface area contributed by atoms with Crippen LogP contribution in [0, 0.1) is 5.41 Å². The van der Waals surface area contributed by atoms with E-state index in [-0.39, 0.29) is 5.41 Å². The minimum atomic E-state index is 0.177. The molecule has 0 saturated carbocycles. The van der Waals surface area contributed by atoms with Crippen LogP contribution in [0.3, 0.4) is 0 Å². The molecule has 0 radical (unpaired) electrons. The predicted octanol–water partition coefficient (Wildman–Crippen LogP) is 1.59. The van der Waals surface area contributed by atoms with E-state index in [2.05, 4.69) is 28.5 Å². The second kappa shape index (κ2) is 5.27. The van der Waals surface area contributed by atoms with E-state index in [1.807, 2.05) is 0 Å². The van der Waals surface area contributed by atoms with E-state index < -0.39 is 0 Å². The van der Waals surface area contributed by atoms with Crippen LogP contribution in [-0.2, 0) is 4.74 Å². The SMILES string of the molecule is COCCC(C)(C)CNc1nc(N)ns1. The highest BCUT2D eigenvalue weighted by atomic mass is 32.1. The number of nitrogen functional groups attached to an aromatic ring is 1. The number of anilines is 2. The van der Waals surface area contributed by atoms with Crippen LogP contribution in [0.25, 0.3) is 0 Å². The Labute approximate surface area is 94.2 Å². The van der Waals surface area contributed by atoms with Gasteiger partial charge in [-0.15, -0.1) is 0 Å². The molecule has 86 valence electrons. The van der Waals surface area contributed by atoms with Gasteiger partial charge in [-0.2, -0.15) is 9.36 Å². The van der Waals surface area contributed by atoms with Gasteiger partial charge in [0.1, 0.15) is 0 Å². The molecule has 5 nitrogen and oxygen atoms in total. The largest absolute Gasteiger partial charge is 0.385 e. The maximum Gasteiger partial charge on any atom is 0.233 e. The van der Waals surface area contributed by atoms with E-state index in [1.54, 1.807) is 7.11 Å². The summed E-state index contributed by atoms with van der Waals surface area (Å²) in [6.45, 7) is 5.98. The van der Waals surface area contributed by atoms with Crippen molar-refractivity contribution in [3.05, 3.63) is 0 Å². The molecule has 0 fully saturated rings. The third-order valence-electron chi connectivity index (χ3n) is 2.14. The number of nitrogens with zero attached hydrogens (tertiary/aromatic N) is 2. The fourth-order valence-corrected chi connectivity index (χ4v) is 1.58. The zero-order valence-corrected chi connectivity index (χ0v) is 10.2. The predicted molar refractivity (Wildman–Crippen MR) is 63.1 cm³/mol. The Morgan fingerprint density at radius 2 is 2.27 bits per heavy atom. The summed E-state index contributed by atoms with van der Waals surface area (Å²) >= 11 is 1.29. The Hall–Kier alpha value is -0.880. The first-order chi connectivity index (χ1) is 7.03. The Morgan fingerprint density at radius 3 is 2.80 bits per heavy atom. The molecule has 0 aromatic carbocycles. The molecule has 6 heteroatoms. The summed E-state index contributed by atoms with van der Waals surface area (Å²) < 4.78 is 8.96. The van der Waals surface area contributed by atoms with Crippen molar-refractivity contribution in [3.63, 3.8) is 0 Å². The maximum atomic E-state index is 5.43. The van der Waals surface area contributed by atoms with Crippen LogP contribution in [-0.4, -0.2) is 29.6 Å². The Morgan fingerprint density at radius 1 is 1.53 bits per heavy atom. The van der Waals surface area contributed by atoms with Gasteiger partial charge in [0, 0.05) is 31.8 Å². The minimum absolute atomic E-state index is 0.177. The smallest absolute Gasteiger partial charge is 0.233 e. The van der Waals surface area contributed by atoms with Gasteiger partial charge in [-0.25, -0.2) is 0 Å². The standard InChI is InChI=1S/C9H18N4OS/c1-9(2,4-5-14-3)6-11-8-12-7(10)13-15-8/h4-6H2,1-3H3,(H3,10,11,12,13). The first kappa shape index (κ1) is 12.2. The number of methoxy groups -OCH3 is 1. The fraction of sp³-hybridized carbons (Fsp3) is 0.778. The molecule has 15 heavy (non-hydrogen) atoms. The lowest BCUT2D eigenvalue weighted by atomic mass is 9.90. The number of aromatic nitrogens is 2. The lowest BCUT2D eigenvalue weighted by Crippen LogP contribution is -2.24. The third-order valence-corrected chi connectivity index (χ3v) is 2.83. The average molecular weight is 230 g/mol. The molecular formula is C9H18N4OS. The van der Waals surface area contributed by atoms with Gasteiger partial charge in [0.2, 0.25) is 11.1 Å². The molecular weight excluding hydrogens is 212 g/mol. The van der Waals surface area contributed by atoms with E-state index in [1.165, 1.54) is 11.5 Å². The van der Waals surface area contributed by atoms with Crippen LogP contribution in [0.5, 0.6) is 0 Å². The summed E-state index contributed by atoms with van der Waals surface area (Å²) in [6, 6.07) is 0. The summed E-state index contributed by atoms with van der Waals surface area (Å²) in [6.07, 6.45) is 1.00. The second-order valence-electron chi connectivity index (χ2n) is 4.22. The van der Waals surface area contributed by atoms with Gasteiger partial charge in [-0.3, -0.25) is 0 Å². The van der Waals surface area contributed by atoms with Crippen molar-refractivity contribution in [2.45, 2.75) is 20.3 Å². The molecule has 0 bridgehead atoms. The van der Waals surface area contributed by atoms with Crippen molar-refractivity contribution in [3.8, 4) is 0 Å². The van der Waals surface area contributed by atoms with Crippen molar-refractivity contribution in [2.24, 2.45) is 5.41 Å². The summed E-state index contributed by atoms with van der Waals surface area (Å²) in [4.78, 5) is 4.04. The fourth-order valence-electron chi connectivity index (χ4n) is 1.09. The number of rotatable bonds is 6. The molecule has 0 saturated heterocycles. The van der Waals surface area contributed by atoms with E-state index in [9.17, 15) is 0 Å².